The highest BCUT2D eigenvalue weighted by atomic mass is 32.2. The van der Waals surface area contributed by atoms with E-state index in [1.807, 2.05) is 31.2 Å². The van der Waals surface area contributed by atoms with E-state index in [1.54, 1.807) is 0 Å². The lowest BCUT2D eigenvalue weighted by Crippen LogP contribution is -1.87. The van der Waals surface area contributed by atoms with Crippen LogP contribution in [0.2, 0.25) is 0 Å². The van der Waals surface area contributed by atoms with Crippen molar-refractivity contribution in [3.05, 3.63) is 53.2 Å². The number of nitriles is 2. The molecule has 104 valence electrons. The first-order valence-corrected chi connectivity index (χ1v) is 7.61. The first-order chi connectivity index (χ1) is 10.2. The van der Waals surface area contributed by atoms with Crippen molar-refractivity contribution in [2.75, 3.05) is 5.75 Å². The number of nitrogens with one attached hydrogen (secondary N) is 1. The summed E-state index contributed by atoms with van der Waals surface area (Å²) in [5.41, 5.74) is 4.25. The molecule has 4 heteroatoms. The average Bonchev–Trinajstić information content (AvgIpc) is 2.98. The zero-order chi connectivity index (χ0) is 15.2. The summed E-state index contributed by atoms with van der Waals surface area (Å²) < 4.78 is 0. The molecule has 21 heavy (non-hydrogen) atoms. The second-order valence-electron chi connectivity index (χ2n) is 4.51. The number of nitrogens with zero attached hydrogens (tertiary/aromatic N) is 2. The van der Waals surface area contributed by atoms with Crippen molar-refractivity contribution in [1.82, 2.24) is 4.98 Å². The van der Waals surface area contributed by atoms with E-state index in [0.717, 1.165) is 22.7 Å². The normalized spacial score (nSPS) is 9.71. The van der Waals surface area contributed by atoms with E-state index in [4.69, 9.17) is 10.5 Å². The minimum absolute atomic E-state index is 0.152. The lowest BCUT2D eigenvalue weighted by Gasteiger charge is -2.04. The molecule has 0 saturated carbocycles. The maximum absolute atomic E-state index is 9.08. The van der Waals surface area contributed by atoms with Gasteiger partial charge in [-0.25, -0.2) is 0 Å². The largest absolute Gasteiger partial charge is 0.354 e. The molecule has 0 bridgehead atoms. The molecule has 0 aliphatic carbocycles. The van der Waals surface area contributed by atoms with Gasteiger partial charge in [0.1, 0.15) is 17.7 Å². The highest BCUT2D eigenvalue weighted by Crippen LogP contribution is 2.31. The Morgan fingerprint density at radius 2 is 1.76 bits per heavy atom. The molecular weight excluding hydrogens is 278 g/mol. The maximum atomic E-state index is 9.08. The summed E-state index contributed by atoms with van der Waals surface area (Å²) in [7, 11) is 0. The van der Waals surface area contributed by atoms with Gasteiger partial charge in [-0.15, -0.1) is 11.8 Å². The Morgan fingerprint density at radius 3 is 2.33 bits per heavy atom. The zero-order valence-electron chi connectivity index (χ0n) is 12.0. The van der Waals surface area contributed by atoms with Crippen molar-refractivity contribution >= 4 is 16.7 Å². The number of thioether (sulfide) groups is 1. The van der Waals surface area contributed by atoms with Crippen LogP contribution in [0.3, 0.4) is 0 Å². The van der Waals surface area contributed by atoms with Gasteiger partial charge in [-0.2, -0.15) is 10.5 Å². The van der Waals surface area contributed by atoms with E-state index in [1.165, 1.54) is 17.3 Å². The number of aryl methyl sites for hydroxylation is 1. The third-order valence-electron chi connectivity index (χ3n) is 3.03. The molecule has 0 radical (unpaired) electrons. The molecule has 0 atom stereocenters. The second kappa shape index (κ2) is 6.83. The topological polar surface area (TPSA) is 63.4 Å². The molecular formula is C17H15N3S. The van der Waals surface area contributed by atoms with Crippen LogP contribution in [-0.4, -0.2) is 10.7 Å². The van der Waals surface area contributed by atoms with E-state index in [0.29, 0.717) is 4.91 Å². The van der Waals surface area contributed by atoms with Crippen LogP contribution >= 0.6 is 11.8 Å². The van der Waals surface area contributed by atoms with Crippen molar-refractivity contribution in [2.45, 2.75) is 13.8 Å². The molecule has 2 aromatic rings. The number of hydrogen-bond acceptors (Lipinski definition) is 3. The fourth-order valence-electron chi connectivity index (χ4n) is 1.98. The highest BCUT2D eigenvalue weighted by Gasteiger charge is 2.12. The molecule has 3 nitrogen and oxygen atoms in total. The van der Waals surface area contributed by atoms with Crippen LogP contribution in [0.5, 0.6) is 0 Å². The lowest BCUT2D eigenvalue weighted by atomic mass is 10.1. The fraction of sp³-hybridized carbons (Fsp3) is 0.176. The molecule has 0 aliphatic rings. The van der Waals surface area contributed by atoms with Gasteiger partial charge in [0.05, 0.1) is 10.6 Å². The number of rotatable bonds is 4. The van der Waals surface area contributed by atoms with Gasteiger partial charge in [0.25, 0.3) is 0 Å². The molecule has 0 amide bonds. The van der Waals surface area contributed by atoms with Gasteiger partial charge in [0, 0.05) is 5.69 Å². The van der Waals surface area contributed by atoms with E-state index >= 15 is 0 Å². The number of aromatic amines is 1. The van der Waals surface area contributed by atoms with E-state index in [-0.39, 0.29) is 5.57 Å². The van der Waals surface area contributed by atoms with Crippen LogP contribution in [0, 0.1) is 29.6 Å². The Labute approximate surface area is 128 Å². The SMILES string of the molecule is CCSC(=C(C#N)C#N)c1ccc(-c2ccc(C)cc2)[nH]1. The first-order valence-electron chi connectivity index (χ1n) is 6.63. The molecule has 0 saturated heterocycles. The van der Waals surface area contributed by atoms with Gasteiger partial charge in [0.2, 0.25) is 0 Å². The van der Waals surface area contributed by atoms with Crippen LogP contribution in [0.25, 0.3) is 16.2 Å². The van der Waals surface area contributed by atoms with Crippen molar-refractivity contribution in [3.63, 3.8) is 0 Å². The summed E-state index contributed by atoms with van der Waals surface area (Å²) in [4.78, 5) is 4.01. The minimum atomic E-state index is 0.152. The van der Waals surface area contributed by atoms with Crippen molar-refractivity contribution < 1.29 is 0 Å². The predicted molar refractivity (Wildman–Crippen MR) is 87.2 cm³/mol. The monoisotopic (exact) mass is 293 g/mol. The summed E-state index contributed by atoms with van der Waals surface area (Å²) >= 11 is 1.50. The predicted octanol–water partition coefficient (Wildman–Crippen LogP) is 4.50. The van der Waals surface area contributed by atoms with Gasteiger partial charge >= 0.3 is 0 Å². The summed E-state index contributed by atoms with van der Waals surface area (Å²) in [6.45, 7) is 4.05. The maximum Gasteiger partial charge on any atom is 0.145 e. The van der Waals surface area contributed by atoms with Crippen molar-refractivity contribution in [3.8, 4) is 23.4 Å². The molecule has 0 aliphatic heterocycles. The van der Waals surface area contributed by atoms with Gasteiger partial charge in [-0.1, -0.05) is 36.8 Å². The van der Waals surface area contributed by atoms with Crippen molar-refractivity contribution in [2.24, 2.45) is 0 Å². The molecule has 1 heterocycles. The van der Waals surface area contributed by atoms with E-state index in [2.05, 4.69) is 36.2 Å². The van der Waals surface area contributed by atoms with E-state index < -0.39 is 0 Å². The van der Waals surface area contributed by atoms with Crippen LogP contribution in [0.15, 0.2) is 42.0 Å². The van der Waals surface area contributed by atoms with Crippen LogP contribution in [-0.2, 0) is 0 Å². The standard InChI is InChI=1S/C17H15N3S/c1-3-21-17(14(10-18)11-19)16-9-8-15(20-16)13-6-4-12(2)5-7-13/h4-9,20H,3H2,1-2H3. The summed E-state index contributed by atoms with van der Waals surface area (Å²) in [6, 6.07) is 16.1. The Morgan fingerprint density at radius 1 is 1.10 bits per heavy atom. The van der Waals surface area contributed by atoms with Gasteiger partial charge in [-0.05, 0) is 30.4 Å². The lowest BCUT2D eigenvalue weighted by molar-refractivity contribution is 1.35. The number of benzene rings is 1. The van der Waals surface area contributed by atoms with Crippen LogP contribution in [0.4, 0.5) is 0 Å². The quantitative estimate of drug-likeness (QED) is 0.844. The van der Waals surface area contributed by atoms with Crippen LogP contribution in [0.1, 0.15) is 18.2 Å². The van der Waals surface area contributed by atoms with Crippen molar-refractivity contribution in [1.29, 1.82) is 10.5 Å². The average molecular weight is 293 g/mol. The first kappa shape index (κ1) is 15.0. The van der Waals surface area contributed by atoms with Crippen LogP contribution < -0.4 is 0 Å². The molecule has 1 aromatic heterocycles. The molecule has 1 N–H and O–H groups in total. The Bertz CT molecular complexity index is 724. The Balaban J connectivity index is 2.43. The number of aromatic nitrogens is 1. The minimum Gasteiger partial charge on any atom is -0.354 e. The molecule has 2 rings (SSSR count). The zero-order valence-corrected chi connectivity index (χ0v) is 12.8. The summed E-state index contributed by atoms with van der Waals surface area (Å²) in [6.07, 6.45) is 0. The Hall–Kier alpha value is -2.43. The smallest absolute Gasteiger partial charge is 0.145 e. The fourth-order valence-corrected chi connectivity index (χ4v) is 2.78. The summed E-state index contributed by atoms with van der Waals surface area (Å²) in [5, 5.41) is 18.2. The molecule has 0 fully saturated rings. The van der Waals surface area contributed by atoms with Gasteiger partial charge < -0.3 is 4.98 Å². The highest BCUT2D eigenvalue weighted by molar-refractivity contribution is 8.08. The second-order valence-corrected chi connectivity index (χ2v) is 5.79. The number of hydrogen-bond donors (Lipinski definition) is 1. The number of H-pyrrole nitrogens is 1. The molecule has 1 aromatic carbocycles. The van der Waals surface area contributed by atoms with Gasteiger partial charge in [0.15, 0.2) is 0 Å². The molecule has 0 unspecified atom stereocenters. The Kier molecular flexibility index (Phi) is 4.87. The third-order valence-corrected chi connectivity index (χ3v) is 4.03. The third kappa shape index (κ3) is 3.37. The van der Waals surface area contributed by atoms with Gasteiger partial charge in [-0.3, -0.25) is 0 Å². The summed E-state index contributed by atoms with van der Waals surface area (Å²) in [5.74, 6) is 0.807. The van der Waals surface area contributed by atoms with E-state index in [9.17, 15) is 0 Å². The number of allylic oxidation sites excluding steroid dienone is 1. The molecule has 0 spiro atoms.